The van der Waals surface area contributed by atoms with E-state index in [2.05, 4.69) is 32.0 Å². The van der Waals surface area contributed by atoms with Crippen molar-refractivity contribution >= 4 is 23.6 Å². The maximum Gasteiger partial charge on any atom is 0.306 e. The van der Waals surface area contributed by atoms with E-state index in [1.165, 1.54) is 31.3 Å². The van der Waals surface area contributed by atoms with Gasteiger partial charge in [-0.15, -0.1) is 11.8 Å². The van der Waals surface area contributed by atoms with Crippen molar-refractivity contribution in [1.82, 2.24) is 20.0 Å². The van der Waals surface area contributed by atoms with Crippen LogP contribution < -0.4 is 0 Å². The first-order chi connectivity index (χ1) is 16.2. The summed E-state index contributed by atoms with van der Waals surface area (Å²) >= 11 is 1.76. The quantitative estimate of drug-likeness (QED) is 0.684. The standard InChI is InChI=1S/C15H15N3O2S.C9H17NO2/c19-15(18-5-7-20-8-6-18)14-11-9-21-12-4-2-1-3-10(12)13(11)16-17-14;1-12-9(11)5-8-10-6-3-2-4-7-10/h1-4H,5-9H2,(H,16,17);2-8H2,1H3. The third kappa shape index (κ3) is 5.96. The number of amides is 1. The number of fused-ring (bicyclic) bond motifs is 3. The SMILES string of the molecule is COC(=O)CCN1CCCCC1.O=C(c1[nH]nc2c1CSc1ccccc1-2)N1CCOCC1. The van der Waals surface area contributed by atoms with Crippen molar-refractivity contribution in [3.8, 4) is 11.3 Å². The molecule has 0 spiro atoms. The van der Waals surface area contributed by atoms with Gasteiger partial charge in [-0.2, -0.15) is 5.10 Å². The third-order valence-corrected chi connectivity index (χ3v) is 7.30. The van der Waals surface area contributed by atoms with E-state index in [1.54, 1.807) is 11.8 Å². The van der Waals surface area contributed by atoms with Crippen LogP contribution in [0.1, 0.15) is 41.7 Å². The molecule has 178 valence electrons. The van der Waals surface area contributed by atoms with Crippen molar-refractivity contribution in [3.05, 3.63) is 35.5 Å². The molecule has 0 radical (unpaired) electrons. The molecule has 0 atom stereocenters. The summed E-state index contributed by atoms with van der Waals surface area (Å²) in [4.78, 5) is 28.8. The number of piperidine rings is 1. The van der Waals surface area contributed by atoms with Crippen LogP contribution in [0.15, 0.2) is 29.2 Å². The van der Waals surface area contributed by atoms with Crippen molar-refractivity contribution in [1.29, 1.82) is 0 Å². The summed E-state index contributed by atoms with van der Waals surface area (Å²) in [5.74, 6) is 0.724. The number of esters is 1. The maximum absolute atomic E-state index is 12.6. The van der Waals surface area contributed by atoms with Crippen LogP contribution in [-0.4, -0.2) is 84.9 Å². The van der Waals surface area contributed by atoms with Crippen LogP contribution in [0.25, 0.3) is 11.3 Å². The van der Waals surface area contributed by atoms with Crippen molar-refractivity contribution in [2.75, 3.05) is 53.0 Å². The highest BCUT2D eigenvalue weighted by molar-refractivity contribution is 7.98. The summed E-state index contributed by atoms with van der Waals surface area (Å²) in [6.45, 7) is 5.69. The number of nitrogens with zero attached hydrogens (tertiary/aromatic N) is 3. The third-order valence-electron chi connectivity index (χ3n) is 6.20. The Morgan fingerprint density at radius 3 is 2.64 bits per heavy atom. The Kier molecular flexibility index (Phi) is 8.41. The molecule has 0 bridgehead atoms. The summed E-state index contributed by atoms with van der Waals surface area (Å²) in [6, 6.07) is 8.20. The minimum Gasteiger partial charge on any atom is -0.469 e. The summed E-state index contributed by atoms with van der Waals surface area (Å²) in [7, 11) is 1.44. The minimum atomic E-state index is -0.0967. The molecule has 3 aliphatic rings. The van der Waals surface area contributed by atoms with Crippen LogP contribution in [0.4, 0.5) is 0 Å². The lowest BCUT2D eigenvalue weighted by Crippen LogP contribution is -2.41. The Balaban J connectivity index is 0.000000185. The molecule has 2 fully saturated rings. The van der Waals surface area contributed by atoms with E-state index in [-0.39, 0.29) is 11.9 Å². The van der Waals surface area contributed by atoms with Gasteiger partial charge in [0.15, 0.2) is 0 Å². The van der Waals surface area contributed by atoms with Crippen LogP contribution in [0.3, 0.4) is 0 Å². The molecule has 4 heterocycles. The number of likely N-dealkylation sites (tertiary alicyclic amines) is 1. The number of hydrogen-bond acceptors (Lipinski definition) is 7. The van der Waals surface area contributed by atoms with Gasteiger partial charge in [-0.1, -0.05) is 24.6 Å². The van der Waals surface area contributed by atoms with Gasteiger partial charge in [-0.25, -0.2) is 0 Å². The summed E-state index contributed by atoms with van der Waals surface area (Å²) in [5, 5.41) is 7.36. The van der Waals surface area contributed by atoms with Gasteiger partial charge in [0, 0.05) is 41.4 Å². The predicted octanol–water partition coefficient (Wildman–Crippen LogP) is 3.19. The Morgan fingerprint density at radius 1 is 1.12 bits per heavy atom. The van der Waals surface area contributed by atoms with E-state index < -0.39 is 0 Å². The second kappa shape index (κ2) is 11.7. The van der Waals surface area contributed by atoms with E-state index in [9.17, 15) is 9.59 Å². The summed E-state index contributed by atoms with van der Waals surface area (Å²) < 4.78 is 9.88. The first-order valence-electron chi connectivity index (χ1n) is 11.6. The topological polar surface area (TPSA) is 87.8 Å². The number of hydrogen-bond donors (Lipinski definition) is 1. The van der Waals surface area contributed by atoms with Crippen molar-refractivity contribution in [2.24, 2.45) is 0 Å². The minimum absolute atomic E-state index is 0.0343. The fourth-order valence-corrected chi connectivity index (χ4v) is 5.38. The first-order valence-corrected chi connectivity index (χ1v) is 12.6. The van der Waals surface area contributed by atoms with Gasteiger partial charge < -0.3 is 19.3 Å². The van der Waals surface area contributed by atoms with E-state index in [0.29, 0.717) is 38.4 Å². The van der Waals surface area contributed by atoms with Gasteiger partial charge in [0.25, 0.3) is 5.91 Å². The number of nitrogens with one attached hydrogen (secondary N) is 1. The number of aromatic amines is 1. The zero-order chi connectivity index (χ0) is 23.0. The molecule has 8 nitrogen and oxygen atoms in total. The van der Waals surface area contributed by atoms with E-state index in [1.807, 2.05) is 17.0 Å². The fraction of sp³-hybridized carbons (Fsp3) is 0.542. The summed E-state index contributed by atoms with van der Waals surface area (Å²) in [5.41, 5.74) is 3.69. The van der Waals surface area contributed by atoms with Crippen LogP contribution in [-0.2, 0) is 20.0 Å². The molecular formula is C24H32N4O4S. The molecule has 1 aromatic carbocycles. The number of morpholine rings is 1. The van der Waals surface area contributed by atoms with Gasteiger partial charge in [0.2, 0.25) is 0 Å². The largest absolute Gasteiger partial charge is 0.469 e. The number of benzene rings is 1. The zero-order valence-corrected chi connectivity index (χ0v) is 20.0. The number of thioether (sulfide) groups is 1. The Hall–Kier alpha value is -2.36. The molecule has 1 amide bonds. The van der Waals surface area contributed by atoms with Crippen LogP contribution in [0.5, 0.6) is 0 Å². The molecule has 3 aliphatic heterocycles. The second-order valence-electron chi connectivity index (χ2n) is 8.34. The van der Waals surface area contributed by atoms with Gasteiger partial charge in [0.1, 0.15) is 5.69 Å². The van der Waals surface area contributed by atoms with Crippen molar-refractivity contribution in [3.63, 3.8) is 0 Å². The molecule has 2 aromatic rings. The molecule has 33 heavy (non-hydrogen) atoms. The smallest absolute Gasteiger partial charge is 0.306 e. The van der Waals surface area contributed by atoms with E-state index >= 15 is 0 Å². The maximum atomic E-state index is 12.6. The monoisotopic (exact) mass is 472 g/mol. The molecular weight excluding hydrogens is 440 g/mol. The molecule has 0 aliphatic carbocycles. The van der Waals surface area contributed by atoms with Gasteiger partial charge in [-0.3, -0.25) is 14.7 Å². The Morgan fingerprint density at radius 2 is 1.88 bits per heavy atom. The predicted molar refractivity (Wildman–Crippen MR) is 127 cm³/mol. The van der Waals surface area contributed by atoms with Crippen LogP contribution in [0.2, 0.25) is 0 Å². The normalized spacial score (nSPS) is 17.9. The zero-order valence-electron chi connectivity index (χ0n) is 19.2. The average molecular weight is 473 g/mol. The van der Waals surface area contributed by atoms with E-state index in [4.69, 9.17) is 4.74 Å². The van der Waals surface area contributed by atoms with Crippen molar-refractivity contribution in [2.45, 2.75) is 36.3 Å². The lowest BCUT2D eigenvalue weighted by atomic mass is 10.1. The number of carbonyl (C=O) groups excluding carboxylic acids is 2. The molecule has 0 saturated carbocycles. The Bertz CT molecular complexity index is 952. The van der Waals surface area contributed by atoms with Gasteiger partial charge in [-0.05, 0) is 32.0 Å². The molecule has 1 aromatic heterocycles. The number of carbonyl (C=O) groups is 2. The number of ether oxygens (including phenoxy) is 2. The molecule has 2 saturated heterocycles. The number of aromatic nitrogens is 2. The van der Waals surface area contributed by atoms with E-state index in [0.717, 1.165) is 42.2 Å². The first kappa shape index (κ1) is 23.8. The highest BCUT2D eigenvalue weighted by Crippen LogP contribution is 2.41. The lowest BCUT2D eigenvalue weighted by Gasteiger charge is -2.26. The molecule has 0 unspecified atom stereocenters. The number of rotatable bonds is 4. The van der Waals surface area contributed by atoms with Crippen LogP contribution in [0, 0.1) is 0 Å². The lowest BCUT2D eigenvalue weighted by molar-refractivity contribution is -0.141. The second-order valence-corrected chi connectivity index (χ2v) is 9.36. The average Bonchev–Trinajstić information content (AvgIpc) is 3.33. The fourth-order valence-electron chi connectivity index (χ4n) is 4.30. The molecule has 5 rings (SSSR count). The number of H-pyrrole nitrogens is 1. The van der Waals surface area contributed by atoms with Crippen molar-refractivity contribution < 1.29 is 19.1 Å². The molecule has 9 heteroatoms. The highest BCUT2D eigenvalue weighted by Gasteiger charge is 2.28. The van der Waals surface area contributed by atoms with Gasteiger partial charge >= 0.3 is 5.97 Å². The summed E-state index contributed by atoms with van der Waals surface area (Å²) in [6.07, 6.45) is 4.44. The van der Waals surface area contributed by atoms with Gasteiger partial charge in [0.05, 0.1) is 32.4 Å². The van der Waals surface area contributed by atoms with Crippen LogP contribution >= 0.6 is 11.8 Å². The molecule has 1 N–H and O–H groups in total. The highest BCUT2D eigenvalue weighted by atomic mass is 32.2. The number of methoxy groups -OCH3 is 1. The Labute approximate surface area is 199 Å².